The molecule has 0 radical (unpaired) electrons. The second-order valence-electron chi connectivity index (χ2n) is 5.16. The topological polar surface area (TPSA) is 82.5 Å². The molecule has 1 atom stereocenters. The molecule has 20 heavy (non-hydrogen) atoms. The number of nitrogens with one attached hydrogen (secondary N) is 1. The first kappa shape index (κ1) is 12.9. The van der Waals surface area contributed by atoms with Gasteiger partial charge in [-0.25, -0.2) is 9.78 Å². The van der Waals surface area contributed by atoms with Crippen molar-refractivity contribution >= 4 is 22.7 Å². The monoisotopic (exact) mass is 272 g/mol. The van der Waals surface area contributed by atoms with E-state index in [1.165, 1.54) is 0 Å². The molecule has 3 N–H and O–H groups in total. The fourth-order valence-electron chi connectivity index (χ4n) is 2.30. The SMILES string of the molecule is O=C(O)c1cccc2nc(NCC(O)C3CC3)ccc12. The van der Waals surface area contributed by atoms with Gasteiger partial charge in [0.25, 0.3) is 0 Å². The van der Waals surface area contributed by atoms with Crippen LogP contribution in [0.25, 0.3) is 10.9 Å². The van der Waals surface area contributed by atoms with E-state index in [2.05, 4.69) is 10.3 Å². The number of aliphatic hydroxyl groups is 1. The van der Waals surface area contributed by atoms with Gasteiger partial charge in [-0.05, 0) is 43.0 Å². The molecule has 1 aromatic heterocycles. The van der Waals surface area contributed by atoms with Crippen molar-refractivity contribution in [2.75, 3.05) is 11.9 Å². The van der Waals surface area contributed by atoms with Gasteiger partial charge in [0.15, 0.2) is 0 Å². The van der Waals surface area contributed by atoms with Crippen molar-refractivity contribution in [1.29, 1.82) is 0 Å². The summed E-state index contributed by atoms with van der Waals surface area (Å²) >= 11 is 0. The van der Waals surface area contributed by atoms with E-state index in [-0.39, 0.29) is 11.7 Å². The zero-order valence-electron chi connectivity index (χ0n) is 10.9. The second kappa shape index (κ2) is 5.09. The van der Waals surface area contributed by atoms with Gasteiger partial charge in [0, 0.05) is 11.9 Å². The second-order valence-corrected chi connectivity index (χ2v) is 5.16. The molecule has 1 aliphatic rings. The van der Waals surface area contributed by atoms with Crippen LogP contribution in [0.3, 0.4) is 0 Å². The van der Waals surface area contributed by atoms with Crippen LogP contribution in [0, 0.1) is 5.92 Å². The summed E-state index contributed by atoms with van der Waals surface area (Å²) in [7, 11) is 0. The van der Waals surface area contributed by atoms with E-state index in [0.717, 1.165) is 12.8 Å². The number of hydrogen-bond donors (Lipinski definition) is 3. The minimum Gasteiger partial charge on any atom is -0.478 e. The Balaban J connectivity index is 1.81. The van der Waals surface area contributed by atoms with Crippen molar-refractivity contribution in [3.63, 3.8) is 0 Å². The highest BCUT2D eigenvalue weighted by molar-refractivity contribution is 6.02. The van der Waals surface area contributed by atoms with Crippen molar-refractivity contribution in [2.24, 2.45) is 5.92 Å². The summed E-state index contributed by atoms with van der Waals surface area (Å²) < 4.78 is 0. The predicted molar refractivity (Wildman–Crippen MR) is 75.9 cm³/mol. The van der Waals surface area contributed by atoms with E-state index < -0.39 is 5.97 Å². The molecule has 0 saturated heterocycles. The van der Waals surface area contributed by atoms with Crippen LogP contribution < -0.4 is 5.32 Å². The van der Waals surface area contributed by atoms with E-state index in [1.807, 2.05) is 0 Å². The molecule has 5 nitrogen and oxygen atoms in total. The Morgan fingerprint density at radius 1 is 1.35 bits per heavy atom. The molecule has 0 bridgehead atoms. The van der Waals surface area contributed by atoms with Gasteiger partial charge in [-0.1, -0.05) is 6.07 Å². The van der Waals surface area contributed by atoms with E-state index in [0.29, 0.717) is 29.2 Å². The van der Waals surface area contributed by atoms with Crippen LogP contribution in [-0.4, -0.2) is 33.8 Å². The van der Waals surface area contributed by atoms with E-state index in [4.69, 9.17) is 5.11 Å². The van der Waals surface area contributed by atoms with Gasteiger partial charge < -0.3 is 15.5 Å². The highest BCUT2D eigenvalue weighted by atomic mass is 16.4. The molecule has 1 heterocycles. The number of pyridine rings is 1. The van der Waals surface area contributed by atoms with Crippen LogP contribution in [-0.2, 0) is 0 Å². The Morgan fingerprint density at radius 2 is 2.15 bits per heavy atom. The highest BCUT2D eigenvalue weighted by Crippen LogP contribution is 2.32. The van der Waals surface area contributed by atoms with Crippen LogP contribution >= 0.6 is 0 Å². The number of fused-ring (bicyclic) bond motifs is 1. The summed E-state index contributed by atoms with van der Waals surface area (Å²) in [6, 6.07) is 8.52. The molecule has 0 spiro atoms. The predicted octanol–water partition coefficient (Wildman–Crippen LogP) is 2.12. The van der Waals surface area contributed by atoms with Crippen LogP contribution in [0.4, 0.5) is 5.82 Å². The number of hydrogen-bond acceptors (Lipinski definition) is 4. The number of aromatic nitrogens is 1. The molecule has 1 unspecified atom stereocenters. The molecule has 1 saturated carbocycles. The van der Waals surface area contributed by atoms with E-state index in [1.54, 1.807) is 30.3 Å². The van der Waals surface area contributed by atoms with E-state index in [9.17, 15) is 9.90 Å². The maximum absolute atomic E-state index is 11.1. The third kappa shape index (κ3) is 2.58. The van der Waals surface area contributed by atoms with Gasteiger partial charge >= 0.3 is 5.97 Å². The first-order valence-electron chi connectivity index (χ1n) is 6.70. The fraction of sp³-hybridized carbons (Fsp3) is 0.333. The zero-order valence-corrected chi connectivity index (χ0v) is 10.9. The Bertz CT molecular complexity index is 653. The van der Waals surface area contributed by atoms with Gasteiger partial charge in [-0.3, -0.25) is 0 Å². The summed E-state index contributed by atoms with van der Waals surface area (Å²) in [5.74, 6) is 0.114. The van der Waals surface area contributed by atoms with Gasteiger partial charge in [-0.2, -0.15) is 0 Å². The lowest BCUT2D eigenvalue weighted by atomic mass is 10.1. The average Bonchev–Trinajstić information content (AvgIpc) is 3.28. The first-order chi connectivity index (χ1) is 9.65. The van der Waals surface area contributed by atoms with Gasteiger partial charge in [0.1, 0.15) is 5.82 Å². The number of aliphatic hydroxyl groups excluding tert-OH is 1. The van der Waals surface area contributed by atoms with E-state index >= 15 is 0 Å². The summed E-state index contributed by atoms with van der Waals surface area (Å²) in [5, 5.41) is 22.6. The molecule has 3 rings (SSSR count). The third-order valence-electron chi connectivity index (χ3n) is 3.62. The largest absolute Gasteiger partial charge is 0.478 e. The summed E-state index contributed by atoms with van der Waals surface area (Å²) in [6.07, 6.45) is 1.85. The van der Waals surface area contributed by atoms with Crippen LogP contribution in [0.5, 0.6) is 0 Å². The number of aromatic carboxylic acids is 1. The summed E-state index contributed by atoms with van der Waals surface area (Å²) in [5.41, 5.74) is 0.885. The smallest absolute Gasteiger partial charge is 0.336 e. The molecule has 1 aliphatic carbocycles. The maximum Gasteiger partial charge on any atom is 0.336 e. The number of carboxylic acid groups (broad SMARTS) is 1. The third-order valence-corrected chi connectivity index (χ3v) is 3.62. The molecule has 2 aromatic rings. The van der Waals surface area contributed by atoms with Crippen molar-refractivity contribution in [2.45, 2.75) is 18.9 Å². The lowest BCUT2D eigenvalue weighted by molar-refractivity contribution is 0.0699. The number of benzene rings is 1. The number of rotatable bonds is 5. The Hall–Kier alpha value is -2.14. The molecule has 1 fully saturated rings. The Labute approximate surface area is 116 Å². The molecule has 104 valence electrons. The van der Waals surface area contributed by atoms with Crippen molar-refractivity contribution < 1.29 is 15.0 Å². The Morgan fingerprint density at radius 3 is 2.85 bits per heavy atom. The number of carbonyl (C=O) groups is 1. The molecule has 5 heteroatoms. The number of anilines is 1. The molecular weight excluding hydrogens is 256 g/mol. The summed E-state index contributed by atoms with van der Waals surface area (Å²) in [4.78, 5) is 15.5. The standard InChI is InChI=1S/C15H16N2O3/c18-13(9-4-5-9)8-16-14-7-6-10-11(15(19)20)2-1-3-12(10)17-14/h1-3,6-7,9,13,18H,4-5,8H2,(H,16,17)(H,19,20). The zero-order chi connectivity index (χ0) is 14.1. The normalized spacial score (nSPS) is 16.1. The molecule has 0 amide bonds. The minimum atomic E-state index is -0.956. The van der Waals surface area contributed by atoms with Crippen molar-refractivity contribution in [3.8, 4) is 0 Å². The Kier molecular flexibility index (Phi) is 3.28. The number of carboxylic acids is 1. The van der Waals surface area contributed by atoms with Crippen molar-refractivity contribution in [3.05, 3.63) is 35.9 Å². The lowest BCUT2D eigenvalue weighted by Gasteiger charge is -2.11. The summed E-state index contributed by atoms with van der Waals surface area (Å²) in [6.45, 7) is 0.474. The quantitative estimate of drug-likeness (QED) is 0.776. The van der Waals surface area contributed by atoms with Crippen LogP contribution in [0.2, 0.25) is 0 Å². The van der Waals surface area contributed by atoms with Crippen molar-refractivity contribution in [1.82, 2.24) is 4.98 Å². The fourth-order valence-corrected chi connectivity index (χ4v) is 2.30. The average molecular weight is 272 g/mol. The van der Waals surface area contributed by atoms with Gasteiger partial charge in [-0.15, -0.1) is 0 Å². The molecule has 0 aliphatic heterocycles. The van der Waals surface area contributed by atoms with Crippen LogP contribution in [0.15, 0.2) is 30.3 Å². The first-order valence-corrected chi connectivity index (χ1v) is 6.70. The van der Waals surface area contributed by atoms with Gasteiger partial charge in [0.05, 0.1) is 17.2 Å². The van der Waals surface area contributed by atoms with Crippen LogP contribution in [0.1, 0.15) is 23.2 Å². The number of nitrogens with zero attached hydrogens (tertiary/aromatic N) is 1. The minimum absolute atomic E-state index is 0.250. The molecular formula is C15H16N2O3. The lowest BCUT2D eigenvalue weighted by Crippen LogP contribution is -2.21. The van der Waals surface area contributed by atoms with Gasteiger partial charge in [0.2, 0.25) is 0 Å². The molecule has 1 aromatic carbocycles. The maximum atomic E-state index is 11.1. The highest BCUT2D eigenvalue weighted by Gasteiger charge is 2.29.